The minimum Gasteiger partial charge on any atom is -0.316 e. The molecule has 0 saturated carbocycles. The lowest BCUT2D eigenvalue weighted by molar-refractivity contribution is 0.291. The molecular formula is C9H18ClN5O2S. The Bertz CT molecular complexity index is 489. The number of sulfonamides is 1. The molecule has 0 spiro atoms. The summed E-state index contributed by atoms with van der Waals surface area (Å²) in [5.41, 5.74) is 0. The standard InChI is InChI=1S/C9H17N5O2S.ClH/c1-10-8-4-3-5-14(7-8)17(15,16)9-6-11-12-13(9)2;/h6,8,10H,3-5,7H2,1-2H3;1H. The summed E-state index contributed by atoms with van der Waals surface area (Å²) in [5, 5.41) is 10.5. The van der Waals surface area contributed by atoms with Gasteiger partial charge >= 0.3 is 0 Å². The molecule has 2 heterocycles. The van der Waals surface area contributed by atoms with Crippen molar-refractivity contribution in [1.82, 2.24) is 24.6 Å². The number of aromatic nitrogens is 3. The minimum absolute atomic E-state index is 0. The lowest BCUT2D eigenvalue weighted by Gasteiger charge is -2.31. The summed E-state index contributed by atoms with van der Waals surface area (Å²) < 4.78 is 27.4. The van der Waals surface area contributed by atoms with Gasteiger partial charge in [0.2, 0.25) is 0 Å². The van der Waals surface area contributed by atoms with Crippen LogP contribution >= 0.6 is 12.4 Å². The van der Waals surface area contributed by atoms with Gasteiger partial charge in [-0.15, -0.1) is 17.5 Å². The van der Waals surface area contributed by atoms with E-state index in [1.165, 1.54) is 15.2 Å². The number of halogens is 1. The second-order valence-electron chi connectivity index (χ2n) is 4.19. The molecule has 18 heavy (non-hydrogen) atoms. The Balaban J connectivity index is 0.00000162. The summed E-state index contributed by atoms with van der Waals surface area (Å²) in [6.07, 6.45) is 3.17. The second-order valence-corrected chi connectivity index (χ2v) is 6.07. The quantitative estimate of drug-likeness (QED) is 0.821. The van der Waals surface area contributed by atoms with Gasteiger partial charge in [0.25, 0.3) is 10.0 Å². The molecule has 0 radical (unpaired) electrons. The largest absolute Gasteiger partial charge is 0.316 e. The Kier molecular flexibility index (Phi) is 5.09. The van der Waals surface area contributed by atoms with Crippen molar-refractivity contribution in [2.45, 2.75) is 23.9 Å². The van der Waals surface area contributed by atoms with Crippen LogP contribution in [0.4, 0.5) is 0 Å². The molecule has 1 atom stereocenters. The number of nitrogens with zero attached hydrogens (tertiary/aromatic N) is 4. The summed E-state index contributed by atoms with van der Waals surface area (Å²) in [5.74, 6) is 0. The fourth-order valence-electron chi connectivity index (χ4n) is 2.04. The molecule has 2 rings (SSSR count). The lowest BCUT2D eigenvalue weighted by Crippen LogP contribution is -2.47. The number of hydrogen-bond donors (Lipinski definition) is 1. The maximum atomic E-state index is 12.3. The SMILES string of the molecule is CNC1CCCN(S(=O)(=O)c2cnnn2C)C1.Cl. The van der Waals surface area contributed by atoms with Gasteiger partial charge in [-0.05, 0) is 19.9 Å². The monoisotopic (exact) mass is 295 g/mol. The van der Waals surface area contributed by atoms with E-state index in [0.29, 0.717) is 13.1 Å². The Hall–Kier alpha value is -0.700. The fraction of sp³-hybridized carbons (Fsp3) is 0.778. The molecule has 1 N–H and O–H groups in total. The third-order valence-corrected chi connectivity index (χ3v) is 4.98. The molecule has 1 aliphatic heterocycles. The highest BCUT2D eigenvalue weighted by atomic mass is 35.5. The van der Waals surface area contributed by atoms with Gasteiger partial charge in [-0.25, -0.2) is 13.1 Å². The first-order chi connectivity index (χ1) is 8.05. The van der Waals surface area contributed by atoms with E-state index in [2.05, 4.69) is 15.6 Å². The van der Waals surface area contributed by atoms with Gasteiger partial charge in [0.05, 0.1) is 6.20 Å². The number of aryl methyl sites for hydroxylation is 1. The van der Waals surface area contributed by atoms with E-state index >= 15 is 0 Å². The predicted molar refractivity (Wildman–Crippen MR) is 69.1 cm³/mol. The molecule has 104 valence electrons. The minimum atomic E-state index is -3.46. The molecule has 0 aliphatic carbocycles. The van der Waals surface area contributed by atoms with E-state index in [9.17, 15) is 8.42 Å². The molecule has 1 fully saturated rings. The topological polar surface area (TPSA) is 80.1 Å². The van der Waals surface area contributed by atoms with Gasteiger partial charge in [0.1, 0.15) is 0 Å². The van der Waals surface area contributed by atoms with Crippen molar-refractivity contribution < 1.29 is 8.42 Å². The number of piperidine rings is 1. The predicted octanol–water partition coefficient (Wildman–Crippen LogP) is -0.391. The van der Waals surface area contributed by atoms with Crippen LogP contribution in [-0.4, -0.2) is 53.9 Å². The Morgan fingerprint density at radius 2 is 2.22 bits per heavy atom. The third kappa shape index (κ3) is 2.82. The zero-order valence-corrected chi connectivity index (χ0v) is 12.0. The molecule has 1 aromatic rings. The number of hydrogen-bond acceptors (Lipinski definition) is 5. The highest BCUT2D eigenvalue weighted by Gasteiger charge is 2.31. The molecule has 0 amide bonds. The summed E-state index contributed by atoms with van der Waals surface area (Å²) in [6, 6.07) is 0.222. The van der Waals surface area contributed by atoms with Crippen molar-refractivity contribution in [3.05, 3.63) is 6.20 Å². The summed E-state index contributed by atoms with van der Waals surface area (Å²) in [7, 11) is -0.0248. The van der Waals surface area contributed by atoms with E-state index in [1.807, 2.05) is 7.05 Å². The maximum absolute atomic E-state index is 12.3. The average molecular weight is 296 g/mol. The Morgan fingerprint density at radius 1 is 1.50 bits per heavy atom. The highest BCUT2D eigenvalue weighted by Crippen LogP contribution is 2.19. The second kappa shape index (κ2) is 5.96. The molecule has 0 aromatic carbocycles. The first-order valence-electron chi connectivity index (χ1n) is 5.58. The van der Waals surface area contributed by atoms with Crippen LogP contribution in [0.15, 0.2) is 11.2 Å². The molecule has 7 nitrogen and oxygen atoms in total. The van der Waals surface area contributed by atoms with E-state index in [1.54, 1.807) is 7.05 Å². The van der Waals surface area contributed by atoms with Crippen LogP contribution in [0.5, 0.6) is 0 Å². The Morgan fingerprint density at radius 3 is 2.78 bits per heavy atom. The normalized spacial score (nSPS) is 21.6. The van der Waals surface area contributed by atoms with Gasteiger partial charge in [-0.1, -0.05) is 5.21 Å². The van der Waals surface area contributed by atoms with Gasteiger partial charge in [0.15, 0.2) is 5.03 Å². The van der Waals surface area contributed by atoms with Gasteiger partial charge < -0.3 is 5.32 Å². The number of rotatable bonds is 3. The van der Waals surface area contributed by atoms with E-state index in [-0.39, 0.29) is 23.5 Å². The molecule has 0 bridgehead atoms. The smallest absolute Gasteiger partial charge is 0.261 e. The van der Waals surface area contributed by atoms with Crippen molar-refractivity contribution in [2.75, 3.05) is 20.1 Å². The first-order valence-corrected chi connectivity index (χ1v) is 7.02. The van der Waals surface area contributed by atoms with Crippen molar-refractivity contribution in [3.8, 4) is 0 Å². The Labute approximate surface area is 113 Å². The molecule has 9 heteroatoms. The molecule has 1 aliphatic rings. The first kappa shape index (κ1) is 15.4. The number of nitrogens with one attached hydrogen (secondary N) is 1. The third-order valence-electron chi connectivity index (χ3n) is 3.07. The van der Waals surface area contributed by atoms with Crippen LogP contribution in [0.2, 0.25) is 0 Å². The summed E-state index contributed by atoms with van der Waals surface area (Å²) >= 11 is 0. The summed E-state index contributed by atoms with van der Waals surface area (Å²) in [4.78, 5) is 0. The molecular weight excluding hydrogens is 278 g/mol. The van der Waals surface area contributed by atoms with Gasteiger partial charge in [0, 0.05) is 26.2 Å². The van der Waals surface area contributed by atoms with Crippen LogP contribution in [0.1, 0.15) is 12.8 Å². The van der Waals surface area contributed by atoms with Crippen LogP contribution < -0.4 is 5.32 Å². The lowest BCUT2D eigenvalue weighted by atomic mass is 10.1. The maximum Gasteiger partial charge on any atom is 0.261 e. The molecule has 1 unspecified atom stereocenters. The number of likely N-dealkylation sites (N-methyl/N-ethyl adjacent to an activating group) is 1. The van der Waals surface area contributed by atoms with Crippen LogP contribution in [0.3, 0.4) is 0 Å². The van der Waals surface area contributed by atoms with Crippen molar-refractivity contribution >= 4 is 22.4 Å². The van der Waals surface area contributed by atoms with Crippen LogP contribution in [0, 0.1) is 0 Å². The van der Waals surface area contributed by atoms with Crippen LogP contribution in [0.25, 0.3) is 0 Å². The zero-order chi connectivity index (χ0) is 12.5. The van der Waals surface area contributed by atoms with Crippen LogP contribution in [-0.2, 0) is 17.1 Å². The van der Waals surface area contributed by atoms with E-state index < -0.39 is 10.0 Å². The van der Waals surface area contributed by atoms with Gasteiger partial charge in [-0.3, -0.25) is 0 Å². The fourth-order valence-corrected chi connectivity index (χ4v) is 3.60. The van der Waals surface area contributed by atoms with E-state index in [0.717, 1.165) is 12.8 Å². The van der Waals surface area contributed by atoms with Crippen molar-refractivity contribution in [3.63, 3.8) is 0 Å². The zero-order valence-electron chi connectivity index (χ0n) is 10.4. The van der Waals surface area contributed by atoms with E-state index in [4.69, 9.17) is 0 Å². The average Bonchev–Trinajstić information content (AvgIpc) is 2.76. The summed E-state index contributed by atoms with van der Waals surface area (Å²) in [6.45, 7) is 1.07. The molecule has 1 aromatic heterocycles. The highest BCUT2D eigenvalue weighted by molar-refractivity contribution is 7.89. The van der Waals surface area contributed by atoms with Crippen molar-refractivity contribution in [2.24, 2.45) is 7.05 Å². The van der Waals surface area contributed by atoms with Gasteiger partial charge in [-0.2, -0.15) is 4.31 Å². The molecule has 1 saturated heterocycles. The van der Waals surface area contributed by atoms with Crippen molar-refractivity contribution in [1.29, 1.82) is 0 Å².